The van der Waals surface area contributed by atoms with Crippen LogP contribution in [0.3, 0.4) is 0 Å². The zero-order chi connectivity index (χ0) is 37.2. The molecule has 6 atom stereocenters. The zero-order valence-corrected chi connectivity index (χ0v) is 32.5. The number of ether oxygens (including phenoxy) is 5. The predicted molar refractivity (Wildman–Crippen MR) is 200 cm³/mol. The van der Waals surface area contributed by atoms with Gasteiger partial charge in [0, 0.05) is 26.3 Å². The smallest absolute Gasteiger partial charge is 0.411 e. The first-order chi connectivity index (χ1) is 24.4. The third-order valence-corrected chi connectivity index (χ3v) is 12.0. The minimum Gasteiger partial charge on any atom is -0.461 e. The quantitative estimate of drug-likeness (QED) is 0.117. The number of benzene rings is 2. The third kappa shape index (κ3) is 10.6. The van der Waals surface area contributed by atoms with Gasteiger partial charge < -0.3 is 28.6 Å². The van der Waals surface area contributed by atoms with E-state index in [1.165, 1.54) is 13.8 Å². The van der Waals surface area contributed by atoms with Crippen molar-refractivity contribution in [2.75, 3.05) is 23.4 Å². The van der Waals surface area contributed by atoms with Crippen LogP contribution in [-0.2, 0) is 35.1 Å². The normalized spacial score (nSPS) is 23.1. The van der Waals surface area contributed by atoms with Gasteiger partial charge in [0.15, 0.2) is 0 Å². The average Bonchev–Trinajstić information content (AvgIpc) is 3.58. The van der Waals surface area contributed by atoms with Gasteiger partial charge in [-0.15, -0.1) is 23.5 Å². The Hall–Kier alpha value is -3.42. The molecule has 0 saturated carbocycles. The van der Waals surface area contributed by atoms with Crippen LogP contribution in [0, 0.1) is 19.8 Å². The van der Waals surface area contributed by atoms with E-state index in [2.05, 4.69) is 19.2 Å². The second kappa shape index (κ2) is 18.9. The van der Waals surface area contributed by atoms with Gasteiger partial charge in [-0.3, -0.25) is 19.7 Å². The fourth-order valence-corrected chi connectivity index (χ4v) is 9.42. The molecule has 0 radical (unpaired) electrons. The van der Waals surface area contributed by atoms with E-state index in [0.717, 1.165) is 35.5 Å². The van der Waals surface area contributed by atoms with Crippen molar-refractivity contribution in [2.45, 2.75) is 116 Å². The van der Waals surface area contributed by atoms with Gasteiger partial charge in [-0.2, -0.15) is 0 Å². The molecule has 1 N–H and O–H groups in total. The van der Waals surface area contributed by atoms with E-state index in [1.807, 2.05) is 68.3 Å². The summed E-state index contributed by atoms with van der Waals surface area (Å²) in [4.78, 5) is 53.0. The van der Waals surface area contributed by atoms with Crippen molar-refractivity contribution in [1.29, 1.82) is 0 Å². The Morgan fingerprint density at radius 3 is 2.18 bits per heavy atom. The first-order valence-corrected chi connectivity index (χ1v) is 19.8. The number of carbonyl (C=O) groups is 4. The van der Waals surface area contributed by atoms with Gasteiger partial charge in [0.25, 0.3) is 5.91 Å². The molecular weight excluding hydrogens is 693 g/mol. The van der Waals surface area contributed by atoms with E-state index in [-0.39, 0.29) is 30.6 Å². The maximum absolute atomic E-state index is 14.0. The van der Waals surface area contributed by atoms with E-state index in [9.17, 15) is 19.2 Å². The largest absolute Gasteiger partial charge is 0.461 e. The summed E-state index contributed by atoms with van der Waals surface area (Å²) in [6.45, 7) is 15.3. The standard InChI is InChI=1S/C38H52N2O9S2/c1-9-32-24(6)33(46-25(7)41)34(47-26(8)42)36(49-32)48-28-16-14-27(15-17-28)21-45-38(44)39-30-20-23(5)22(4)19-29(30)35(43)40-18-12-13-31(40)37(50-10-2)51-11-3/h14-17,19-20,24,31-34,36-37H,9-13,18,21H2,1-8H3,(H,39,44)/t24-,31-,32+,33-,34+,36+/m0/s1. The van der Waals surface area contributed by atoms with Crippen LogP contribution in [0.15, 0.2) is 36.4 Å². The molecule has 0 aliphatic carbocycles. The lowest BCUT2D eigenvalue weighted by atomic mass is 9.89. The van der Waals surface area contributed by atoms with Crippen molar-refractivity contribution in [1.82, 2.24) is 4.90 Å². The van der Waals surface area contributed by atoms with E-state index >= 15 is 0 Å². The minimum absolute atomic E-state index is 0.0292. The molecule has 2 aliphatic heterocycles. The summed E-state index contributed by atoms with van der Waals surface area (Å²) >= 11 is 3.77. The van der Waals surface area contributed by atoms with Gasteiger partial charge in [0.05, 0.1) is 28.0 Å². The number of hydrogen-bond acceptors (Lipinski definition) is 11. The number of nitrogens with one attached hydrogen (secondary N) is 1. The maximum Gasteiger partial charge on any atom is 0.411 e. The zero-order valence-electron chi connectivity index (χ0n) is 30.9. The van der Waals surface area contributed by atoms with Gasteiger partial charge in [-0.25, -0.2) is 4.79 Å². The number of hydrogen-bond donors (Lipinski definition) is 1. The van der Waals surface area contributed by atoms with Crippen LogP contribution < -0.4 is 10.1 Å². The van der Waals surface area contributed by atoms with Crippen LogP contribution in [0.4, 0.5) is 10.5 Å². The number of esters is 2. The molecule has 0 unspecified atom stereocenters. The van der Waals surface area contributed by atoms with Crippen molar-refractivity contribution < 1.29 is 42.9 Å². The topological polar surface area (TPSA) is 130 Å². The van der Waals surface area contributed by atoms with Crippen LogP contribution >= 0.6 is 23.5 Å². The Labute approximate surface area is 310 Å². The highest BCUT2D eigenvalue weighted by Crippen LogP contribution is 2.37. The van der Waals surface area contributed by atoms with Crippen molar-refractivity contribution in [2.24, 2.45) is 5.92 Å². The Bertz CT molecular complexity index is 1520. The lowest BCUT2D eigenvalue weighted by Gasteiger charge is -2.43. The molecule has 2 amide bonds. The molecular formula is C38H52N2O9S2. The highest BCUT2D eigenvalue weighted by Gasteiger charge is 2.48. The van der Waals surface area contributed by atoms with Gasteiger partial charge in [0.1, 0.15) is 18.5 Å². The summed E-state index contributed by atoms with van der Waals surface area (Å²) < 4.78 is 29.3. The average molecular weight is 745 g/mol. The minimum atomic E-state index is -1.01. The number of thioether (sulfide) groups is 2. The van der Waals surface area contributed by atoms with Crippen LogP contribution in [0.2, 0.25) is 0 Å². The van der Waals surface area contributed by atoms with E-state index in [4.69, 9.17) is 23.7 Å². The van der Waals surface area contributed by atoms with Crippen molar-refractivity contribution in [3.05, 3.63) is 58.7 Å². The second-order valence-corrected chi connectivity index (χ2v) is 16.0. The molecule has 11 nitrogen and oxygen atoms in total. The number of anilines is 1. The number of amides is 2. The first kappa shape index (κ1) is 40.4. The summed E-state index contributed by atoms with van der Waals surface area (Å²) in [6, 6.07) is 10.7. The lowest BCUT2D eigenvalue weighted by Crippen LogP contribution is -2.58. The fraction of sp³-hybridized carbons (Fsp3) is 0.579. The summed E-state index contributed by atoms with van der Waals surface area (Å²) in [5, 5.41) is 2.83. The number of carbonyl (C=O) groups excluding carboxylic acids is 4. The molecule has 0 bridgehead atoms. The molecule has 280 valence electrons. The highest BCUT2D eigenvalue weighted by molar-refractivity contribution is 8.17. The summed E-state index contributed by atoms with van der Waals surface area (Å²) in [7, 11) is 0. The highest BCUT2D eigenvalue weighted by atomic mass is 32.2. The first-order valence-electron chi connectivity index (χ1n) is 17.7. The number of nitrogens with zero attached hydrogens (tertiary/aromatic N) is 1. The predicted octanol–water partition coefficient (Wildman–Crippen LogP) is 7.50. The second-order valence-electron chi connectivity index (χ2n) is 12.9. The van der Waals surface area contributed by atoms with Crippen LogP contribution in [0.25, 0.3) is 0 Å². The van der Waals surface area contributed by atoms with Crippen molar-refractivity contribution in [3.8, 4) is 5.75 Å². The molecule has 2 aliphatic rings. The Morgan fingerprint density at radius 1 is 0.941 bits per heavy atom. The molecule has 2 fully saturated rings. The molecule has 0 aromatic heterocycles. The van der Waals surface area contributed by atoms with Gasteiger partial charge in [0.2, 0.25) is 12.4 Å². The maximum atomic E-state index is 14.0. The molecule has 2 aromatic carbocycles. The molecule has 4 rings (SSSR count). The summed E-state index contributed by atoms with van der Waals surface area (Å²) in [5.74, 6) is 1.03. The van der Waals surface area contributed by atoms with Crippen molar-refractivity contribution in [3.63, 3.8) is 0 Å². The molecule has 2 heterocycles. The fourth-order valence-electron chi connectivity index (χ4n) is 6.55. The molecule has 13 heteroatoms. The Kier molecular flexibility index (Phi) is 14.9. The molecule has 51 heavy (non-hydrogen) atoms. The van der Waals surface area contributed by atoms with Crippen molar-refractivity contribution >= 4 is 53.2 Å². The molecule has 2 aromatic rings. The number of rotatable bonds is 14. The van der Waals surface area contributed by atoms with Gasteiger partial charge in [-0.1, -0.05) is 39.8 Å². The molecule has 0 spiro atoms. The Morgan fingerprint density at radius 2 is 1.57 bits per heavy atom. The number of likely N-dealkylation sites (tertiary alicyclic amines) is 1. The monoisotopic (exact) mass is 744 g/mol. The van der Waals surface area contributed by atoms with Crippen LogP contribution in [-0.4, -0.2) is 82.1 Å². The van der Waals surface area contributed by atoms with Crippen LogP contribution in [0.5, 0.6) is 5.75 Å². The summed E-state index contributed by atoms with van der Waals surface area (Å²) in [6.07, 6.45) is -1.15. The van der Waals surface area contributed by atoms with E-state index in [0.29, 0.717) is 40.1 Å². The number of aryl methyl sites for hydroxylation is 2. The van der Waals surface area contributed by atoms with Crippen LogP contribution in [0.1, 0.15) is 87.9 Å². The van der Waals surface area contributed by atoms with E-state index < -0.39 is 36.5 Å². The Balaban J connectivity index is 1.42. The lowest BCUT2D eigenvalue weighted by molar-refractivity contribution is -0.266. The SMILES string of the molecule is CCSC(SCC)[C@@H]1CCCN1C(=O)c1cc(C)c(C)cc1NC(=O)OCc1ccc(O[C@@H]2O[C@H](CC)[C@H](C)[C@H](OC(C)=O)[C@H]2OC(C)=O)cc1. The molecule has 2 saturated heterocycles. The van der Waals surface area contributed by atoms with Gasteiger partial charge >= 0.3 is 18.0 Å². The summed E-state index contributed by atoms with van der Waals surface area (Å²) in [5.41, 5.74) is 3.50. The van der Waals surface area contributed by atoms with Gasteiger partial charge in [-0.05, 0) is 85.6 Å². The third-order valence-electron chi connectivity index (χ3n) is 9.19. The van der Waals surface area contributed by atoms with E-state index in [1.54, 1.807) is 24.3 Å².